The zero-order chi connectivity index (χ0) is 13.4. The molecule has 0 bridgehead atoms. The third-order valence-corrected chi connectivity index (χ3v) is 2.74. The van der Waals surface area contributed by atoms with Crippen LogP contribution in [-0.4, -0.2) is 35.4 Å². The summed E-state index contributed by atoms with van der Waals surface area (Å²) < 4.78 is 0. The first kappa shape index (κ1) is 14.6. The number of amides is 1. The van der Waals surface area contributed by atoms with Crippen molar-refractivity contribution in [2.75, 3.05) is 19.6 Å². The van der Waals surface area contributed by atoms with Crippen molar-refractivity contribution in [1.29, 1.82) is 0 Å². The molecule has 1 aromatic heterocycles. The lowest BCUT2D eigenvalue weighted by Crippen LogP contribution is -2.38. The number of hydrogen-bond acceptors (Lipinski definition) is 3. The number of hydrogen-bond donors (Lipinski definition) is 1. The Morgan fingerprint density at radius 2 is 2.17 bits per heavy atom. The maximum atomic E-state index is 12.0. The molecule has 0 saturated heterocycles. The van der Waals surface area contributed by atoms with Crippen molar-refractivity contribution in [3.8, 4) is 0 Å². The second-order valence-electron chi connectivity index (χ2n) is 4.35. The third kappa shape index (κ3) is 4.84. The summed E-state index contributed by atoms with van der Waals surface area (Å²) in [6, 6.07) is 5.90. The first-order chi connectivity index (χ1) is 8.67. The second-order valence-corrected chi connectivity index (χ2v) is 4.35. The molecule has 1 aromatic rings. The number of rotatable bonds is 7. The van der Waals surface area contributed by atoms with Crippen molar-refractivity contribution in [2.24, 2.45) is 0 Å². The van der Waals surface area contributed by atoms with Crippen molar-refractivity contribution in [1.82, 2.24) is 15.2 Å². The molecule has 100 valence electrons. The largest absolute Gasteiger partial charge is 0.336 e. The van der Waals surface area contributed by atoms with E-state index in [1.165, 1.54) is 0 Å². The summed E-state index contributed by atoms with van der Waals surface area (Å²) in [4.78, 5) is 18.2. The number of pyridine rings is 1. The van der Waals surface area contributed by atoms with Crippen LogP contribution in [0, 0.1) is 6.92 Å². The first-order valence-electron chi connectivity index (χ1n) is 6.58. The second kappa shape index (κ2) is 7.82. The van der Waals surface area contributed by atoms with E-state index in [0.717, 1.165) is 24.4 Å². The van der Waals surface area contributed by atoms with Crippen LogP contribution in [0.25, 0.3) is 0 Å². The molecule has 0 aromatic carbocycles. The molecule has 0 radical (unpaired) electrons. The third-order valence-electron chi connectivity index (χ3n) is 2.74. The highest BCUT2D eigenvalue weighted by Gasteiger charge is 2.11. The van der Waals surface area contributed by atoms with Crippen molar-refractivity contribution in [2.45, 2.75) is 33.7 Å². The van der Waals surface area contributed by atoms with Gasteiger partial charge in [0.1, 0.15) is 0 Å². The molecule has 0 atom stereocenters. The van der Waals surface area contributed by atoms with Crippen LogP contribution in [0.4, 0.5) is 0 Å². The average Bonchev–Trinajstić information content (AvgIpc) is 2.36. The van der Waals surface area contributed by atoms with Gasteiger partial charge >= 0.3 is 0 Å². The number of aryl methyl sites for hydroxylation is 1. The van der Waals surface area contributed by atoms with Gasteiger partial charge in [0.25, 0.3) is 0 Å². The van der Waals surface area contributed by atoms with Crippen LogP contribution in [0.1, 0.15) is 31.7 Å². The van der Waals surface area contributed by atoms with E-state index < -0.39 is 0 Å². The molecule has 1 amide bonds. The smallest absolute Gasteiger partial charge is 0.236 e. The molecule has 0 spiro atoms. The minimum atomic E-state index is 0.134. The Kier molecular flexibility index (Phi) is 6.36. The lowest BCUT2D eigenvalue weighted by Gasteiger charge is -2.20. The van der Waals surface area contributed by atoms with Crippen LogP contribution < -0.4 is 5.32 Å². The van der Waals surface area contributed by atoms with Crippen molar-refractivity contribution in [3.05, 3.63) is 29.6 Å². The maximum Gasteiger partial charge on any atom is 0.236 e. The van der Waals surface area contributed by atoms with Gasteiger partial charge in [-0.15, -0.1) is 0 Å². The van der Waals surface area contributed by atoms with Crippen LogP contribution in [0.3, 0.4) is 0 Å². The first-order valence-corrected chi connectivity index (χ1v) is 6.58. The lowest BCUT2D eigenvalue weighted by molar-refractivity contribution is -0.130. The van der Waals surface area contributed by atoms with Gasteiger partial charge in [0.05, 0.1) is 18.8 Å². The van der Waals surface area contributed by atoms with Crippen LogP contribution in [0.2, 0.25) is 0 Å². The SMILES string of the molecule is CCCNCC(=O)N(CC)Cc1cccc(C)n1. The molecule has 0 fully saturated rings. The van der Waals surface area contributed by atoms with Gasteiger partial charge in [-0.05, 0) is 38.9 Å². The van der Waals surface area contributed by atoms with Gasteiger partial charge in [-0.2, -0.15) is 0 Å². The highest BCUT2D eigenvalue weighted by Crippen LogP contribution is 2.03. The van der Waals surface area contributed by atoms with Crippen molar-refractivity contribution < 1.29 is 4.79 Å². The van der Waals surface area contributed by atoms with Gasteiger partial charge in [0.2, 0.25) is 5.91 Å². The van der Waals surface area contributed by atoms with Crippen LogP contribution in [0.15, 0.2) is 18.2 Å². The van der Waals surface area contributed by atoms with E-state index in [2.05, 4.69) is 17.2 Å². The molecule has 4 heteroatoms. The molecule has 0 aliphatic heterocycles. The van der Waals surface area contributed by atoms with Crippen LogP contribution >= 0.6 is 0 Å². The Morgan fingerprint density at radius 3 is 2.78 bits per heavy atom. The van der Waals surface area contributed by atoms with E-state index >= 15 is 0 Å². The molecule has 0 aliphatic rings. The Hall–Kier alpha value is -1.42. The van der Waals surface area contributed by atoms with E-state index in [0.29, 0.717) is 19.6 Å². The predicted octanol–water partition coefficient (Wildman–Crippen LogP) is 1.74. The molecule has 1 rings (SSSR count). The molecule has 0 aliphatic carbocycles. The topological polar surface area (TPSA) is 45.2 Å². The molecule has 0 saturated carbocycles. The fourth-order valence-corrected chi connectivity index (χ4v) is 1.74. The van der Waals surface area contributed by atoms with Crippen LogP contribution in [0.5, 0.6) is 0 Å². The molecular weight excluding hydrogens is 226 g/mol. The predicted molar refractivity (Wildman–Crippen MR) is 73.2 cm³/mol. The number of carbonyl (C=O) groups excluding carboxylic acids is 1. The summed E-state index contributed by atoms with van der Waals surface area (Å²) in [5.74, 6) is 0.134. The molecule has 0 unspecified atom stereocenters. The lowest BCUT2D eigenvalue weighted by atomic mass is 10.3. The Labute approximate surface area is 109 Å². The summed E-state index contributed by atoms with van der Waals surface area (Å²) in [5.41, 5.74) is 1.93. The number of aromatic nitrogens is 1. The van der Waals surface area contributed by atoms with Gasteiger partial charge in [0, 0.05) is 12.2 Å². The van der Waals surface area contributed by atoms with Gasteiger partial charge in [0.15, 0.2) is 0 Å². The van der Waals surface area contributed by atoms with E-state index in [9.17, 15) is 4.79 Å². The minimum absolute atomic E-state index is 0.134. The van der Waals surface area contributed by atoms with E-state index in [1.54, 1.807) is 0 Å². The van der Waals surface area contributed by atoms with E-state index in [1.807, 2.05) is 36.9 Å². The maximum absolute atomic E-state index is 12.0. The number of carbonyl (C=O) groups is 1. The Morgan fingerprint density at radius 1 is 1.39 bits per heavy atom. The summed E-state index contributed by atoms with van der Waals surface area (Å²) in [7, 11) is 0. The van der Waals surface area contributed by atoms with Gasteiger partial charge in [-0.1, -0.05) is 13.0 Å². The molecule has 4 nitrogen and oxygen atoms in total. The minimum Gasteiger partial charge on any atom is -0.336 e. The number of nitrogens with one attached hydrogen (secondary N) is 1. The average molecular weight is 249 g/mol. The van der Waals surface area contributed by atoms with Gasteiger partial charge in [-0.3, -0.25) is 9.78 Å². The molecule has 1 N–H and O–H groups in total. The number of likely N-dealkylation sites (N-methyl/N-ethyl adjacent to an activating group) is 1. The summed E-state index contributed by atoms with van der Waals surface area (Å²) >= 11 is 0. The summed E-state index contributed by atoms with van der Waals surface area (Å²) in [6.07, 6.45) is 1.04. The molecular formula is C14H23N3O. The summed E-state index contributed by atoms with van der Waals surface area (Å²) in [5, 5.41) is 3.14. The van der Waals surface area contributed by atoms with E-state index in [4.69, 9.17) is 0 Å². The summed E-state index contributed by atoms with van der Waals surface area (Å²) in [6.45, 7) is 8.64. The molecule has 1 heterocycles. The Bertz CT molecular complexity index is 379. The highest BCUT2D eigenvalue weighted by molar-refractivity contribution is 5.78. The normalized spacial score (nSPS) is 10.4. The van der Waals surface area contributed by atoms with Gasteiger partial charge < -0.3 is 10.2 Å². The zero-order valence-corrected chi connectivity index (χ0v) is 11.6. The Balaban J connectivity index is 2.53. The van der Waals surface area contributed by atoms with Gasteiger partial charge in [-0.25, -0.2) is 0 Å². The zero-order valence-electron chi connectivity index (χ0n) is 11.6. The van der Waals surface area contributed by atoms with E-state index in [-0.39, 0.29) is 5.91 Å². The highest BCUT2D eigenvalue weighted by atomic mass is 16.2. The van der Waals surface area contributed by atoms with Crippen molar-refractivity contribution >= 4 is 5.91 Å². The van der Waals surface area contributed by atoms with Crippen LogP contribution in [-0.2, 0) is 11.3 Å². The fraction of sp³-hybridized carbons (Fsp3) is 0.571. The number of nitrogens with zero attached hydrogens (tertiary/aromatic N) is 2. The quantitative estimate of drug-likeness (QED) is 0.749. The van der Waals surface area contributed by atoms with Crippen molar-refractivity contribution in [3.63, 3.8) is 0 Å². The molecule has 18 heavy (non-hydrogen) atoms. The fourth-order valence-electron chi connectivity index (χ4n) is 1.74. The standard InChI is InChI=1S/C14H23N3O/c1-4-9-15-10-14(18)17(5-2)11-13-8-6-7-12(3)16-13/h6-8,15H,4-5,9-11H2,1-3H3. The monoisotopic (exact) mass is 249 g/mol.